The number of esters is 1. The van der Waals surface area contributed by atoms with Crippen molar-refractivity contribution in [3.8, 4) is 0 Å². The third-order valence-corrected chi connectivity index (χ3v) is 12.3. The molecule has 0 amide bonds. The maximum Gasteiger partial charge on any atom is 0.311 e. The van der Waals surface area contributed by atoms with Crippen LogP contribution >= 0.6 is 0 Å². The molecule has 3 N–H and O–H groups in total. The standard InChI is InChI=1S/C40H70N4O9/c1-14-32-40(9,48)35(45)27(6)43(11)21-23(2)20-39(8,47)36(25(4)34(49-13)26(5)38(46)52-32)53-33-19-29(18-24(3)50-33)44(12)22-30-28(7)51-37(41-30)31-16-15-17-42(31)10/h15-17,23-30,32-36,45,47-48H,14,18-22H2,1-13H3/t23-,24-,25+,26-,27-,28?,29+,30?,32-,33+,34+,35-,36-,39-,40-/m1/s1. The Kier molecular flexibility index (Phi) is 14.6. The zero-order valence-corrected chi connectivity index (χ0v) is 34.6. The molecule has 15 atom stereocenters. The Morgan fingerprint density at radius 1 is 1.08 bits per heavy atom. The summed E-state index contributed by atoms with van der Waals surface area (Å²) < 4.78 is 33.5. The first-order valence-electron chi connectivity index (χ1n) is 19.6. The van der Waals surface area contributed by atoms with Gasteiger partial charge in [0.1, 0.15) is 35.6 Å². The molecule has 0 aliphatic carbocycles. The fourth-order valence-corrected chi connectivity index (χ4v) is 9.01. The third-order valence-electron chi connectivity index (χ3n) is 12.3. The average Bonchev–Trinajstić information content (AvgIpc) is 3.68. The van der Waals surface area contributed by atoms with E-state index in [1.54, 1.807) is 21.0 Å². The van der Waals surface area contributed by atoms with Gasteiger partial charge in [0, 0.05) is 57.9 Å². The number of aryl methyl sites for hydroxylation is 1. The van der Waals surface area contributed by atoms with Crippen molar-refractivity contribution in [2.75, 3.05) is 34.3 Å². The van der Waals surface area contributed by atoms with Crippen LogP contribution in [0, 0.1) is 17.8 Å². The summed E-state index contributed by atoms with van der Waals surface area (Å²) in [5.74, 6) is -1.17. The summed E-state index contributed by atoms with van der Waals surface area (Å²) in [6.07, 6.45) is -0.388. The Balaban J connectivity index is 1.59. The molecule has 0 bridgehead atoms. The Morgan fingerprint density at radius 2 is 1.75 bits per heavy atom. The van der Waals surface area contributed by atoms with E-state index < -0.39 is 65.8 Å². The summed E-state index contributed by atoms with van der Waals surface area (Å²) in [6, 6.07) is 3.62. The van der Waals surface area contributed by atoms with Gasteiger partial charge in [-0.2, -0.15) is 0 Å². The van der Waals surface area contributed by atoms with E-state index in [1.807, 2.05) is 69.6 Å². The second-order valence-electron chi connectivity index (χ2n) is 17.0. The van der Waals surface area contributed by atoms with Crippen molar-refractivity contribution in [3.05, 3.63) is 24.0 Å². The molecule has 0 radical (unpaired) electrons. The van der Waals surface area contributed by atoms with E-state index in [1.165, 1.54) is 6.92 Å². The van der Waals surface area contributed by atoms with E-state index >= 15 is 0 Å². The normalized spacial score (nSPS) is 42.8. The van der Waals surface area contributed by atoms with Gasteiger partial charge < -0.3 is 53.4 Å². The predicted molar refractivity (Wildman–Crippen MR) is 204 cm³/mol. The first-order valence-corrected chi connectivity index (χ1v) is 19.6. The number of carbonyl (C=O) groups is 1. The minimum atomic E-state index is -1.70. The second kappa shape index (κ2) is 17.8. The first kappa shape index (κ1) is 43.6. The number of rotatable bonds is 8. The van der Waals surface area contributed by atoms with Gasteiger partial charge in [-0.1, -0.05) is 20.8 Å². The van der Waals surface area contributed by atoms with E-state index in [0.717, 1.165) is 12.1 Å². The van der Waals surface area contributed by atoms with Crippen LogP contribution in [0.1, 0.15) is 93.7 Å². The summed E-state index contributed by atoms with van der Waals surface area (Å²) in [5, 5.41) is 35.3. The smallest absolute Gasteiger partial charge is 0.311 e. The highest BCUT2D eigenvalue weighted by atomic mass is 16.7. The summed E-state index contributed by atoms with van der Waals surface area (Å²) >= 11 is 0. The zero-order valence-electron chi connectivity index (χ0n) is 34.6. The topological polar surface area (TPSA) is 148 Å². The highest BCUT2D eigenvalue weighted by molar-refractivity contribution is 5.94. The average molecular weight is 751 g/mol. The van der Waals surface area contributed by atoms with Crippen molar-refractivity contribution in [2.24, 2.45) is 29.8 Å². The minimum absolute atomic E-state index is 0.0296. The number of nitrogens with zero attached hydrogens (tertiary/aromatic N) is 4. The fourth-order valence-electron chi connectivity index (χ4n) is 9.01. The number of cyclic esters (lactones) is 1. The Bertz CT molecular complexity index is 1370. The molecule has 0 spiro atoms. The Labute approximate surface area is 317 Å². The van der Waals surface area contributed by atoms with Crippen LogP contribution in [-0.4, -0.2) is 148 Å². The van der Waals surface area contributed by atoms with Crippen molar-refractivity contribution in [2.45, 2.75) is 160 Å². The van der Waals surface area contributed by atoms with Crippen molar-refractivity contribution in [1.82, 2.24) is 14.4 Å². The van der Waals surface area contributed by atoms with Gasteiger partial charge in [0.2, 0.25) is 5.90 Å². The monoisotopic (exact) mass is 751 g/mol. The molecular weight excluding hydrogens is 680 g/mol. The number of likely N-dealkylation sites (N-methyl/N-ethyl adjacent to an activating group) is 2. The lowest BCUT2D eigenvalue weighted by Crippen LogP contribution is -2.59. The number of ether oxygens (including phenoxy) is 5. The molecule has 1 aromatic heterocycles. The van der Waals surface area contributed by atoms with Gasteiger partial charge in [-0.05, 0) is 93.0 Å². The predicted octanol–water partition coefficient (Wildman–Crippen LogP) is 3.60. The van der Waals surface area contributed by atoms with E-state index in [-0.39, 0.29) is 30.2 Å². The van der Waals surface area contributed by atoms with Crippen molar-refractivity contribution in [1.29, 1.82) is 0 Å². The van der Waals surface area contributed by atoms with E-state index in [2.05, 4.69) is 25.8 Å². The SMILES string of the molecule is CC[C@H]1OC(=O)[C@H](C)[C@@H](OC)[C@H](C)[C@@H](O[C@H]2C[C@@H](N(C)CC3N=C(c4cccn4C)OC3C)C[C@@H](C)O2)[C@](C)(O)C[C@@H](C)CN(C)[C@H](C)[C@@H](O)[C@]1(C)O. The van der Waals surface area contributed by atoms with Gasteiger partial charge in [-0.15, -0.1) is 0 Å². The van der Waals surface area contributed by atoms with Gasteiger partial charge in [0.25, 0.3) is 0 Å². The van der Waals surface area contributed by atoms with Gasteiger partial charge >= 0.3 is 5.97 Å². The number of carbonyl (C=O) groups excluding carboxylic acids is 1. The first-order chi connectivity index (χ1) is 24.7. The van der Waals surface area contributed by atoms with E-state index in [9.17, 15) is 20.1 Å². The summed E-state index contributed by atoms with van der Waals surface area (Å²) in [6.45, 7) is 18.0. The van der Waals surface area contributed by atoms with Gasteiger partial charge in [0.15, 0.2) is 6.29 Å². The number of aliphatic hydroxyl groups is 3. The molecule has 2 saturated heterocycles. The van der Waals surface area contributed by atoms with Crippen molar-refractivity contribution >= 4 is 11.9 Å². The second-order valence-corrected chi connectivity index (χ2v) is 17.0. The molecule has 4 rings (SSSR count). The Hall–Kier alpha value is -2.10. The number of aromatic nitrogens is 1. The van der Waals surface area contributed by atoms with E-state index in [4.69, 9.17) is 28.7 Å². The maximum atomic E-state index is 13.8. The summed E-state index contributed by atoms with van der Waals surface area (Å²) in [5.41, 5.74) is -2.11. The van der Waals surface area contributed by atoms with Crippen LogP contribution < -0.4 is 0 Å². The summed E-state index contributed by atoms with van der Waals surface area (Å²) in [7, 11) is 7.53. The molecule has 3 aliphatic heterocycles. The van der Waals surface area contributed by atoms with Crippen LogP contribution in [0.15, 0.2) is 23.3 Å². The quantitative estimate of drug-likeness (QED) is 0.335. The van der Waals surface area contributed by atoms with Crippen LogP contribution in [0.5, 0.6) is 0 Å². The lowest BCUT2D eigenvalue weighted by molar-refractivity contribution is -0.268. The lowest BCUT2D eigenvalue weighted by atomic mass is 9.78. The van der Waals surface area contributed by atoms with E-state index in [0.29, 0.717) is 38.2 Å². The Morgan fingerprint density at radius 3 is 2.36 bits per heavy atom. The molecule has 1 aromatic rings. The number of methoxy groups -OCH3 is 1. The highest BCUT2D eigenvalue weighted by Crippen LogP contribution is 2.37. The molecule has 304 valence electrons. The molecule has 53 heavy (non-hydrogen) atoms. The minimum Gasteiger partial charge on any atom is -0.471 e. The lowest BCUT2D eigenvalue weighted by Gasteiger charge is -2.46. The fraction of sp³-hybridized carbons (Fsp3) is 0.850. The molecular formula is C40H70N4O9. The molecule has 4 heterocycles. The van der Waals surface area contributed by atoms with Crippen LogP contribution in [-0.2, 0) is 35.5 Å². The summed E-state index contributed by atoms with van der Waals surface area (Å²) in [4.78, 5) is 23.0. The van der Waals surface area contributed by atoms with Crippen LogP contribution in [0.4, 0.5) is 0 Å². The number of aliphatic hydroxyl groups excluding tert-OH is 1. The van der Waals surface area contributed by atoms with Crippen LogP contribution in [0.25, 0.3) is 0 Å². The number of hydrogen-bond donors (Lipinski definition) is 3. The molecule has 2 fully saturated rings. The zero-order chi connectivity index (χ0) is 39.6. The van der Waals surface area contributed by atoms with Crippen molar-refractivity contribution in [3.63, 3.8) is 0 Å². The van der Waals surface area contributed by atoms with Gasteiger partial charge in [-0.3, -0.25) is 4.79 Å². The van der Waals surface area contributed by atoms with Gasteiger partial charge in [0.05, 0.1) is 29.8 Å². The molecule has 13 heteroatoms. The van der Waals surface area contributed by atoms with Gasteiger partial charge in [-0.25, -0.2) is 4.99 Å². The number of aliphatic imine (C=N–C) groups is 1. The molecule has 3 aliphatic rings. The largest absolute Gasteiger partial charge is 0.471 e. The van der Waals surface area contributed by atoms with Crippen LogP contribution in [0.2, 0.25) is 0 Å². The molecule has 13 nitrogen and oxygen atoms in total. The third kappa shape index (κ3) is 10.0. The van der Waals surface area contributed by atoms with Crippen LogP contribution in [0.3, 0.4) is 0 Å². The molecule has 0 aromatic carbocycles. The molecule has 0 saturated carbocycles. The molecule has 2 unspecified atom stereocenters. The van der Waals surface area contributed by atoms with Crippen molar-refractivity contribution < 1.29 is 43.8 Å². The number of hydrogen-bond acceptors (Lipinski definition) is 12. The highest BCUT2D eigenvalue weighted by Gasteiger charge is 2.49. The maximum absolute atomic E-state index is 13.8.